The molecule has 1 aliphatic carbocycles. The summed E-state index contributed by atoms with van der Waals surface area (Å²) in [5.74, 6) is -0.894. The third kappa shape index (κ3) is 5.66. The summed E-state index contributed by atoms with van der Waals surface area (Å²) in [6, 6.07) is 14.3. The second kappa shape index (κ2) is 11.5. The number of fused-ring (bicyclic) bond motifs is 1. The highest BCUT2D eigenvalue weighted by molar-refractivity contribution is 6.21. The number of benzene rings is 2. The molecule has 0 unspecified atom stereocenters. The molecular weight excluding hydrogens is 454 g/mol. The number of nitrogens with one attached hydrogen (secondary N) is 1. The van der Waals surface area contributed by atoms with Gasteiger partial charge in [0.05, 0.1) is 11.1 Å². The number of hydrogen-bond donors (Lipinski definition) is 1. The van der Waals surface area contributed by atoms with Gasteiger partial charge in [-0.2, -0.15) is 0 Å². The Hall–Kier alpha value is -3.48. The van der Waals surface area contributed by atoms with Gasteiger partial charge in [-0.25, -0.2) is 0 Å². The minimum absolute atomic E-state index is 0.106. The van der Waals surface area contributed by atoms with Crippen molar-refractivity contribution in [3.63, 3.8) is 0 Å². The molecule has 36 heavy (non-hydrogen) atoms. The Bertz CT molecular complexity index is 1090. The third-order valence-electron chi connectivity index (χ3n) is 7.21. The first-order chi connectivity index (χ1) is 17.4. The molecule has 0 bridgehead atoms. The number of carbonyl (C=O) groups excluding carboxylic acids is 4. The van der Waals surface area contributed by atoms with Gasteiger partial charge in [-0.05, 0) is 50.3 Å². The van der Waals surface area contributed by atoms with E-state index < -0.39 is 6.04 Å². The van der Waals surface area contributed by atoms with Gasteiger partial charge >= 0.3 is 0 Å². The maximum absolute atomic E-state index is 13.5. The zero-order valence-electron chi connectivity index (χ0n) is 21.2. The molecule has 2 aromatic carbocycles. The topological polar surface area (TPSA) is 86.8 Å². The quantitative estimate of drug-likeness (QED) is 0.506. The standard InChI is InChI=1S/C29H35N3O4/c1-3-25(27(34)30-22-9-4-5-10-22)32(19-21-16-14-20(2)15-17-21)26(33)13-8-18-31-28(35)23-11-6-7-12-24(23)29(31)36/h6-7,11-12,14-17,22,25H,3-5,8-10,13,18-19H2,1-2H3,(H,30,34)/t25-/m0/s1. The minimum atomic E-state index is -0.571. The zero-order chi connectivity index (χ0) is 25.7. The van der Waals surface area contributed by atoms with E-state index in [2.05, 4.69) is 5.32 Å². The number of imide groups is 1. The van der Waals surface area contributed by atoms with Crippen molar-refractivity contribution in [2.45, 2.75) is 77.4 Å². The first-order valence-corrected chi connectivity index (χ1v) is 13.0. The fourth-order valence-electron chi connectivity index (χ4n) is 5.15. The van der Waals surface area contributed by atoms with Gasteiger partial charge in [-0.3, -0.25) is 24.1 Å². The number of carbonyl (C=O) groups is 4. The largest absolute Gasteiger partial charge is 0.352 e. The van der Waals surface area contributed by atoms with E-state index in [-0.39, 0.29) is 42.6 Å². The number of amides is 4. The van der Waals surface area contributed by atoms with Crippen molar-refractivity contribution in [1.82, 2.24) is 15.1 Å². The second-order valence-corrected chi connectivity index (χ2v) is 9.83. The molecule has 1 atom stereocenters. The first kappa shape index (κ1) is 25.6. The summed E-state index contributed by atoms with van der Waals surface area (Å²) in [5, 5.41) is 3.15. The monoisotopic (exact) mass is 489 g/mol. The van der Waals surface area contributed by atoms with Crippen LogP contribution in [0.4, 0.5) is 0 Å². The van der Waals surface area contributed by atoms with Crippen molar-refractivity contribution >= 4 is 23.6 Å². The molecule has 1 heterocycles. The van der Waals surface area contributed by atoms with Crippen LogP contribution < -0.4 is 5.32 Å². The molecule has 4 amide bonds. The summed E-state index contributed by atoms with van der Waals surface area (Å²) >= 11 is 0. The SMILES string of the molecule is CC[C@@H](C(=O)NC1CCCC1)N(Cc1ccc(C)cc1)C(=O)CCCN1C(=O)c2ccccc2C1=O. The van der Waals surface area contributed by atoms with Crippen LogP contribution in [-0.4, -0.2) is 52.1 Å². The Morgan fingerprint density at radius 2 is 1.61 bits per heavy atom. The molecule has 7 nitrogen and oxygen atoms in total. The van der Waals surface area contributed by atoms with E-state index in [1.165, 1.54) is 4.90 Å². The summed E-state index contributed by atoms with van der Waals surface area (Å²) in [6.07, 6.45) is 5.19. The fraction of sp³-hybridized carbons (Fsp3) is 0.448. The molecule has 7 heteroatoms. The summed E-state index contributed by atoms with van der Waals surface area (Å²) in [6.45, 7) is 4.44. The molecule has 0 radical (unpaired) electrons. The molecule has 0 aromatic heterocycles. The van der Waals surface area contributed by atoms with E-state index in [9.17, 15) is 19.2 Å². The van der Waals surface area contributed by atoms with Crippen molar-refractivity contribution in [3.05, 3.63) is 70.8 Å². The second-order valence-electron chi connectivity index (χ2n) is 9.83. The molecule has 2 aromatic rings. The molecule has 0 spiro atoms. The maximum Gasteiger partial charge on any atom is 0.261 e. The van der Waals surface area contributed by atoms with Gasteiger partial charge in [0.15, 0.2) is 0 Å². The van der Waals surface area contributed by atoms with Gasteiger partial charge in [0.25, 0.3) is 11.8 Å². The van der Waals surface area contributed by atoms with Gasteiger partial charge < -0.3 is 10.2 Å². The van der Waals surface area contributed by atoms with Crippen LogP contribution in [0.15, 0.2) is 48.5 Å². The lowest BCUT2D eigenvalue weighted by Crippen LogP contribution is -2.51. The van der Waals surface area contributed by atoms with Crippen molar-refractivity contribution < 1.29 is 19.2 Å². The first-order valence-electron chi connectivity index (χ1n) is 13.0. The van der Waals surface area contributed by atoms with Crippen LogP contribution in [-0.2, 0) is 16.1 Å². The Kier molecular flexibility index (Phi) is 8.18. The predicted molar refractivity (Wildman–Crippen MR) is 137 cm³/mol. The molecule has 4 rings (SSSR count). The van der Waals surface area contributed by atoms with E-state index in [0.717, 1.165) is 36.8 Å². The normalized spacial score (nSPS) is 16.2. The van der Waals surface area contributed by atoms with Gasteiger partial charge in [0.1, 0.15) is 6.04 Å². The lowest BCUT2D eigenvalue weighted by Gasteiger charge is -2.32. The fourth-order valence-corrected chi connectivity index (χ4v) is 5.15. The number of nitrogens with zero attached hydrogens (tertiary/aromatic N) is 2. The van der Waals surface area contributed by atoms with Crippen LogP contribution >= 0.6 is 0 Å². The molecule has 1 aliphatic heterocycles. The van der Waals surface area contributed by atoms with Crippen molar-refractivity contribution in [2.75, 3.05) is 6.54 Å². The van der Waals surface area contributed by atoms with E-state index in [1.807, 2.05) is 38.1 Å². The summed E-state index contributed by atoms with van der Waals surface area (Å²) in [4.78, 5) is 54.9. The summed E-state index contributed by atoms with van der Waals surface area (Å²) in [7, 11) is 0. The third-order valence-corrected chi connectivity index (χ3v) is 7.21. The van der Waals surface area contributed by atoms with Crippen LogP contribution in [0.1, 0.15) is 83.7 Å². The van der Waals surface area contributed by atoms with Crippen molar-refractivity contribution in [1.29, 1.82) is 0 Å². The summed E-state index contributed by atoms with van der Waals surface area (Å²) in [5.41, 5.74) is 2.90. The van der Waals surface area contributed by atoms with Gasteiger partial charge in [0.2, 0.25) is 11.8 Å². The van der Waals surface area contributed by atoms with Crippen LogP contribution in [0.2, 0.25) is 0 Å². The average Bonchev–Trinajstić information content (AvgIpc) is 3.47. The summed E-state index contributed by atoms with van der Waals surface area (Å²) < 4.78 is 0. The lowest BCUT2D eigenvalue weighted by molar-refractivity contribution is -0.141. The molecule has 1 fully saturated rings. The van der Waals surface area contributed by atoms with Crippen LogP contribution in [0.25, 0.3) is 0 Å². The van der Waals surface area contributed by atoms with Gasteiger partial charge in [0, 0.05) is 25.6 Å². The molecule has 1 saturated carbocycles. The Morgan fingerprint density at radius 1 is 1.00 bits per heavy atom. The number of rotatable bonds is 10. The zero-order valence-corrected chi connectivity index (χ0v) is 21.2. The van der Waals surface area contributed by atoms with Gasteiger partial charge in [-0.1, -0.05) is 61.7 Å². The van der Waals surface area contributed by atoms with Crippen LogP contribution in [0.5, 0.6) is 0 Å². The highest BCUT2D eigenvalue weighted by Gasteiger charge is 2.35. The Morgan fingerprint density at radius 3 is 2.19 bits per heavy atom. The van der Waals surface area contributed by atoms with E-state index in [1.54, 1.807) is 29.2 Å². The molecule has 1 N–H and O–H groups in total. The smallest absolute Gasteiger partial charge is 0.261 e. The van der Waals surface area contributed by atoms with E-state index >= 15 is 0 Å². The van der Waals surface area contributed by atoms with Gasteiger partial charge in [-0.15, -0.1) is 0 Å². The average molecular weight is 490 g/mol. The highest BCUT2D eigenvalue weighted by atomic mass is 16.2. The molecular formula is C29H35N3O4. The van der Waals surface area contributed by atoms with Crippen molar-refractivity contribution in [2.24, 2.45) is 0 Å². The Balaban J connectivity index is 1.43. The van der Waals surface area contributed by atoms with Crippen molar-refractivity contribution in [3.8, 4) is 0 Å². The molecule has 190 valence electrons. The maximum atomic E-state index is 13.5. The number of aryl methyl sites for hydroxylation is 1. The van der Waals surface area contributed by atoms with E-state index in [0.29, 0.717) is 30.5 Å². The number of hydrogen-bond acceptors (Lipinski definition) is 4. The molecule has 2 aliphatic rings. The van der Waals surface area contributed by atoms with Crippen LogP contribution in [0, 0.1) is 6.92 Å². The highest BCUT2D eigenvalue weighted by Crippen LogP contribution is 2.23. The predicted octanol–water partition coefficient (Wildman–Crippen LogP) is 4.24. The van der Waals surface area contributed by atoms with Crippen LogP contribution in [0.3, 0.4) is 0 Å². The molecule has 0 saturated heterocycles. The Labute approximate surface area is 212 Å². The lowest BCUT2D eigenvalue weighted by atomic mass is 10.1. The van der Waals surface area contributed by atoms with E-state index in [4.69, 9.17) is 0 Å². The minimum Gasteiger partial charge on any atom is -0.352 e.